The topological polar surface area (TPSA) is 0 Å². The second-order valence-corrected chi connectivity index (χ2v) is 7.83. The van der Waals surface area contributed by atoms with Gasteiger partial charge in [-0.05, 0) is 0 Å². The van der Waals surface area contributed by atoms with Crippen molar-refractivity contribution in [2.24, 2.45) is 0 Å². The monoisotopic (exact) mass is 194 g/mol. The second kappa shape index (κ2) is 3.58. The van der Waals surface area contributed by atoms with E-state index in [1.807, 2.05) is 0 Å². The van der Waals surface area contributed by atoms with Crippen LogP contribution >= 0.6 is 11.6 Å². The molecule has 0 aromatic carbocycles. The summed E-state index contributed by atoms with van der Waals surface area (Å²) in [6, 6.07) is 0. The third-order valence-electron chi connectivity index (χ3n) is 0.805. The van der Waals surface area contributed by atoms with Crippen molar-refractivity contribution in [2.75, 3.05) is 0 Å². The molecule has 0 aromatic heterocycles. The molecular weight excluding hydrogens is 182 g/mol. The molecule has 2 heteroatoms. The van der Waals surface area contributed by atoms with Crippen LogP contribution in [0.3, 0.4) is 0 Å². The Morgan fingerprint density at radius 3 is 1.62 bits per heavy atom. The molecule has 0 saturated carbocycles. The molecule has 0 aromatic rings. The summed E-state index contributed by atoms with van der Waals surface area (Å²) in [6.45, 7) is 4.13. The van der Waals surface area contributed by atoms with Gasteiger partial charge in [0.15, 0.2) is 0 Å². The third kappa shape index (κ3) is 2.79. The molecule has 0 aliphatic heterocycles. The summed E-state index contributed by atoms with van der Waals surface area (Å²) in [7, 11) is 0. The maximum atomic E-state index is 5.90. The van der Waals surface area contributed by atoms with Crippen LogP contribution in [-0.2, 0) is 0 Å². The molecule has 0 bridgehead atoms. The van der Waals surface area contributed by atoms with Crippen LogP contribution in [0.2, 0.25) is 11.4 Å². The number of hydrogen-bond donors (Lipinski definition) is 0. The van der Waals surface area contributed by atoms with Gasteiger partial charge >= 0.3 is 60.9 Å². The van der Waals surface area contributed by atoms with E-state index in [9.17, 15) is 0 Å². The van der Waals surface area contributed by atoms with Crippen molar-refractivity contribution < 1.29 is 0 Å². The summed E-state index contributed by atoms with van der Waals surface area (Å²) in [5.74, 6) is 0. The minimum absolute atomic E-state index is 0.736. The van der Waals surface area contributed by atoms with Gasteiger partial charge < -0.3 is 0 Å². The minimum atomic E-state index is -0.736. The molecule has 0 saturated heterocycles. The molecule has 8 heavy (non-hydrogen) atoms. The van der Waals surface area contributed by atoms with Gasteiger partial charge in [0.2, 0.25) is 0 Å². The first-order valence-corrected chi connectivity index (χ1v) is 7.63. The van der Waals surface area contributed by atoms with Crippen molar-refractivity contribution >= 4 is 26.3 Å². The van der Waals surface area contributed by atoms with E-state index in [0.29, 0.717) is 0 Å². The van der Waals surface area contributed by atoms with Crippen LogP contribution in [0.5, 0.6) is 0 Å². The molecule has 0 heterocycles. The first kappa shape index (κ1) is 8.59. The molecule has 0 nitrogen and oxygen atoms in total. The van der Waals surface area contributed by atoms with E-state index in [2.05, 4.69) is 25.3 Å². The van der Waals surface area contributed by atoms with E-state index in [1.165, 1.54) is 5.57 Å². The van der Waals surface area contributed by atoms with Gasteiger partial charge in [0.1, 0.15) is 0 Å². The number of halogens is 1. The molecule has 0 aliphatic rings. The van der Waals surface area contributed by atoms with Crippen molar-refractivity contribution in [3.05, 3.63) is 9.39 Å². The van der Waals surface area contributed by atoms with Crippen molar-refractivity contribution in [1.29, 1.82) is 0 Å². The predicted molar refractivity (Wildman–Crippen MR) is 41.7 cm³/mol. The van der Waals surface area contributed by atoms with Crippen LogP contribution in [0.25, 0.3) is 0 Å². The van der Waals surface area contributed by atoms with Crippen molar-refractivity contribution in [1.82, 2.24) is 0 Å². The molecule has 0 aliphatic carbocycles. The van der Waals surface area contributed by atoms with E-state index < -0.39 is 14.7 Å². The van der Waals surface area contributed by atoms with Gasteiger partial charge in [0, 0.05) is 0 Å². The van der Waals surface area contributed by atoms with Crippen molar-refractivity contribution in [2.45, 2.75) is 25.3 Å². The summed E-state index contributed by atoms with van der Waals surface area (Å²) in [4.78, 5) is 0. The fraction of sp³-hybridized carbons (Fsp3) is 0.667. The van der Waals surface area contributed by atoms with Crippen LogP contribution in [0.4, 0.5) is 0 Å². The number of hydrogen-bond acceptors (Lipinski definition) is 0. The molecule has 0 amide bonds. The summed E-state index contributed by atoms with van der Waals surface area (Å²) >= 11 is 5.16. The molecular formula is C6H12AsCl. The molecule has 0 rings (SSSR count). The van der Waals surface area contributed by atoms with E-state index in [4.69, 9.17) is 11.6 Å². The molecule has 0 unspecified atom stereocenters. The van der Waals surface area contributed by atoms with Crippen LogP contribution in [0, 0.1) is 0 Å². The Labute approximate surface area is 61.2 Å². The Kier molecular flexibility index (Phi) is 3.85. The summed E-state index contributed by atoms with van der Waals surface area (Å²) in [6.07, 6.45) is 0. The fourth-order valence-corrected chi connectivity index (χ4v) is 2.32. The van der Waals surface area contributed by atoms with Crippen molar-refractivity contribution in [3.8, 4) is 0 Å². The maximum absolute atomic E-state index is 5.90. The molecule has 0 N–H and O–H groups in total. The zero-order valence-corrected chi connectivity index (χ0v) is 8.46. The predicted octanol–water partition coefficient (Wildman–Crippen LogP) is 2.81. The van der Waals surface area contributed by atoms with Crippen LogP contribution < -0.4 is 0 Å². The Morgan fingerprint density at radius 1 is 1.25 bits per heavy atom. The molecule has 0 fully saturated rings. The first-order valence-electron chi connectivity index (χ1n) is 2.56. The van der Waals surface area contributed by atoms with Gasteiger partial charge in [-0.3, -0.25) is 0 Å². The van der Waals surface area contributed by atoms with Gasteiger partial charge in [-0.25, -0.2) is 0 Å². The van der Waals surface area contributed by atoms with Crippen LogP contribution in [-0.4, -0.2) is 14.7 Å². The molecule has 0 spiro atoms. The standard InChI is InChI=1S/C6H12AsCl/c1-5(2)6(8)7(3)4/h1-4H3. The Bertz CT molecular complexity index is 101. The first-order chi connectivity index (χ1) is 3.55. The number of rotatable bonds is 1. The molecule has 0 atom stereocenters. The van der Waals surface area contributed by atoms with Gasteiger partial charge in [-0.2, -0.15) is 0 Å². The van der Waals surface area contributed by atoms with Crippen LogP contribution in [0.15, 0.2) is 9.39 Å². The van der Waals surface area contributed by atoms with Crippen LogP contribution in [0.1, 0.15) is 13.8 Å². The SMILES string of the molecule is CC(C)=C(Cl)[As](C)C. The fourth-order valence-electron chi connectivity index (χ4n) is 0.447. The molecule has 48 valence electrons. The Hall–Kier alpha value is 0.588. The van der Waals surface area contributed by atoms with Gasteiger partial charge in [0.05, 0.1) is 0 Å². The van der Waals surface area contributed by atoms with E-state index in [1.54, 1.807) is 0 Å². The third-order valence-corrected chi connectivity index (χ3v) is 5.53. The Morgan fingerprint density at radius 2 is 1.62 bits per heavy atom. The van der Waals surface area contributed by atoms with E-state index >= 15 is 0 Å². The molecule has 0 radical (unpaired) electrons. The normalized spacial score (nSPS) is 9.75. The van der Waals surface area contributed by atoms with Gasteiger partial charge in [-0.1, -0.05) is 0 Å². The zero-order chi connectivity index (χ0) is 6.73. The zero-order valence-electron chi connectivity index (χ0n) is 5.83. The summed E-state index contributed by atoms with van der Waals surface area (Å²) < 4.78 is 1.14. The van der Waals surface area contributed by atoms with E-state index in [0.717, 1.165) is 3.82 Å². The summed E-state index contributed by atoms with van der Waals surface area (Å²) in [5.41, 5.74) is 5.77. The quantitative estimate of drug-likeness (QED) is 0.563. The van der Waals surface area contributed by atoms with Gasteiger partial charge in [0.25, 0.3) is 0 Å². The number of allylic oxidation sites excluding steroid dienone is 1. The average Bonchev–Trinajstić information content (AvgIpc) is 1.64. The summed E-state index contributed by atoms with van der Waals surface area (Å²) in [5, 5.41) is 0. The van der Waals surface area contributed by atoms with Crippen molar-refractivity contribution in [3.63, 3.8) is 0 Å². The Balaban J connectivity index is 4.00. The average molecular weight is 195 g/mol. The second-order valence-electron chi connectivity index (χ2n) is 2.19. The van der Waals surface area contributed by atoms with E-state index in [-0.39, 0.29) is 0 Å². The van der Waals surface area contributed by atoms with Gasteiger partial charge in [-0.15, -0.1) is 0 Å².